The van der Waals surface area contributed by atoms with Crippen molar-refractivity contribution in [1.82, 2.24) is 14.3 Å². The number of ether oxygens (including phenoxy) is 1. The molecule has 0 bridgehead atoms. The van der Waals surface area contributed by atoms with Crippen LogP contribution in [0.15, 0.2) is 29.1 Å². The molecular weight excluding hydrogens is 250 g/mol. The van der Waals surface area contributed by atoms with Crippen LogP contribution in [0.3, 0.4) is 0 Å². The number of methoxy groups -OCH3 is 1. The van der Waals surface area contributed by atoms with Crippen LogP contribution >= 0.6 is 0 Å². The van der Waals surface area contributed by atoms with Gasteiger partial charge >= 0.3 is 11.7 Å². The Kier molecular flexibility index (Phi) is 3.37. The third-order valence-corrected chi connectivity index (χ3v) is 2.68. The van der Waals surface area contributed by atoms with E-state index in [1.165, 1.54) is 7.11 Å². The lowest BCUT2D eigenvalue weighted by molar-refractivity contribution is 0.0677. The average molecular weight is 263 g/mol. The van der Waals surface area contributed by atoms with Crippen LogP contribution in [-0.2, 0) is 6.54 Å². The Balaban J connectivity index is 2.70. The van der Waals surface area contributed by atoms with Gasteiger partial charge in [0.25, 0.3) is 0 Å². The van der Waals surface area contributed by atoms with Gasteiger partial charge in [0, 0.05) is 6.54 Å². The Morgan fingerprint density at radius 1 is 1.42 bits per heavy atom. The summed E-state index contributed by atoms with van der Waals surface area (Å²) in [5.74, 6) is -1.09. The molecule has 2 aromatic rings. The van der Waals surface area contributed by atoms with Crippen LogP contribution in [0.4, 0.5) is 0 Å². The maximum Gasteiger partial charge on any atom is 0.374 e. The van der Waals surface area contributed by atoms with E-state index >= 15 is 0 Å². The molecule has 1 aromatic heterocycles. The maximum absolute atomic E-state index is 12.1. The lowest BCUT2D eigenvalue weighted by Crippen LogP contribution is -2.24. The lowest BCUT2D eigenvalue weighted by Gasteiger charge is -2.05. The largest absolute Gasteiger partial charge is 0.494 e. The lowest BCUT2D eigenvalue weighted by atomic mass is 10.3. The first-order chi connectivity index (χ1) is 9.10. The van der Waals surface area contributed by atoms with Gasteiger partial charge in [0.2, 0.25) is 5.82 Å². The molecule has 0 fully saturated rings. The van der Waals surface area contributed by atoms with Crippen molar-refractivity contribution in [3.63, 3.8) is 0 Å². The molecule has 0 aliphatic heterocycles. The quantitative estimate of drug-likeness (QED) is 0.880. The third-order valence-electron chi connectivity index (χ3n) is 2.68. The molecule has 100 valence electrons. The molecule has 0 aliphatic rings. The number of carbonyl (C=O) groups is 1. The molecule has 0 unspecified atom stereocenters. The molecule has 7 heteroatoms. The fourth-order valence-corrected chi connectivity index (χ4v) is 1.80. The summed E-state index contributed by atoms with van der Waals surface area (Å²) in [5.41, 5.74) is -0.103. The van der Waals surface area contributed by atoms with Gasteiger partial charge in [-0.15, -0.1) is 5.10 Å². The van der Waals surface area contributed by atoms with Crippen molar-refractivity contribution < 1.29 is 14.6 Å². The minimum absolute atomic E-state index is 0.232. The van der Waals surface area contributed by atoms with Crippen molar-refractivity contribution in [1.29, 1.82) is 0 Å². The maximum atomic E-state index is 12.1. The molecule has 0 aliphatic carbocycles. The van der Waals surface area contributed by atoms with Crippen molar-refractivity contribution in [3.8, 4) is 11.4 Å². The van der Waals surface area contributed by atoms with Crippen molar-refractivity contribution in [3.05, 3.63) is 40.6 Å². The molecule has 1 aromatic carbocycles. The molecular formula is C12H13N3O4. The number of aromatic nitrogens is 3. The SMILES string of the molecule is CCn1c(C(=O)O)nn(-c2ccccc2OC)c1=O. The molecule has 0 saturated heterocycles. The van der Waals surface area contributed by atoms with E-state index in [1.807, 2.05) is 0 Å². The number of carboxylic acid groups (broad SMARTS) is 1. The minimum atomic E-state index is -1.24. The van der Waals surface area contributed by atoms with Crippen LogP contribution < -0.4 is 10.4 Å². The summed E-state index contributed by atoms with van der Waals surface area (Å²) in [6.45, 7) is 1.91. The van der Waals surface area contributed by atoms with Gasteiger partial charge in [-0.1, -0.05) is 12.1 Å². The highest BCUT2D eigenvalue weighted by Gasteiger charge is 2.20. The van der Waals surface area contributed by atoms with Gasteiger partial charge in [-0.2, -0.15) is 4.68 Å². The third kappa shape index (κ3) is 2.10. The van der Waals surface area contributed by atoms with Crippen LogP contribution in [0.5, 0.6) is 5.75 Å². The van der Waals surface area contributed by atoms with Crippen LogP contribution in [0, 0.1) is 0 Å². The summed E-state index contributed by atoms with van der Waals surface area (Å²) in [7, 11) is 1.47. The van der Waals surface area contributed by atoms with Crippen LogP contribution in [0.25, 0.3) is 5.69 Å². The van der Waals surface area contributed by atoms with E-state index in [4.69, 9.17) is 9.84 Å². The van der Waals surface area contributed by atoms with Gasteiger partial charge in [-0.25, -0.2) is 9.59 Å². The van der Waals surface area contributed by atoms with E-state index in [-0.39, 0.29) is 12.4 Å². The Morgan fingerprint density at radius 3 is 2.63 bits per heavy atom. The monoisotopic (exact) mass is 263 g/mol. The van der Waals surface area contributed by atoms with Crippen LogP contribution in [0.2, 0.25) is 0 Å². The highest BCUT2D eigenvalue weighted by Crippen LogP contribution is 2.19. The zero-order chi connectivity index (χ0) is 14.0. The first kappa shape index (κ1) is 12.9. The van der Waals surface area contributed by atoms with Gasteiger partial charge in [0.1, 0.15) is 11.4 Å². The van der Waals surface area contributed by atoms with Crippen molar-refractivity contribution in [2.45, 2.75) is 13.5 Å². The number of aromatic carboxylic acids is 1. The number of hydrogen-bond donors (Lipinski definition) is 1. The normalized spacial score (nSPS) is 10.4. The summed E-state index contributed by atoms with van der Waals surface area (Å²) in [6, 6.07) is 6.78. The smallest absolute Gasteiger partial charge is 0.374 e. The summed E-state index contributed by atoms with van der Waals surface area (Å²) in [5, 5.41) is 12.9. The van der Waals surface area contributed by atoms with Gasteiger partial charge in [-0.05, 0) is 19.1 Å². The molecule has 1 heterocycles. The summed E-state index contributed by atoms with van der Waals surface area (Å²) in [6.07, 6.45) is 0. The van der Waals surface area contributed by atoms with Crippen LogP contribution in [0.1, 0.15) is 17.5 Å². The average Bonchev–Trinajstić information content (AvgIpc) is 2.75. The summed E-state index contributed by atoms with van der Waals surface area (Å²) in [4.78, 5) is 23.2. The zero-order valence-electron chi connectivity index (χ0n) is 10.5. The molecule has 2 rings (SSSR count). The number of para-hydroxylation sites is 2. The standard InChI is InChI=1S/C12H13N3O4/c1-3-14-10(11(16)17)13-15(12(14)18)8-6-4-5-7-9(8)19-2/h4-7H,3H2,1-2H3,(H,16,17). The Bertz CT molecular complexity index is 672. The van der Waals surface area contributed by atoms with E-state index in [0.717, 1.165) is 9.25 Å². The number of hydrogen-bond acceptors (Lipinski definition) is 4. The Hall–Kier alpha value is -2.57. The first-order valence-electron chi connectivity index (χ1n) is 5.66. The second kappa shape index (κ2) is 4.97. The van der Waals surface area contributed by atoms with Gasteiger partial charge in [-0.3, -0.25) is 4.57 Å². The van der Waals surface area contributed by atoms with Gasteiger partial charge in [0.05, 0.1) is 7.11 Å². The first-order valence-corrected chi connectivity index (χ1v) is 5.66. The second-order valence-corrected chi connectivity index (χ2v) is 3.74. The molecule has 0 amide bonds. The van der Waals surface area contributed by atoms with E-state index in [0.29, 0.717) is 11.4 Å². The number of carboxylic acids is 1. The molecule has 0 atom stereocenters. The van der Waals surface area contributed by atoms with Gasteiger partial charge < -0.3 is 9.84 Å². The fraction of sp³-hybridized carbons (Fsp3) is 0.250. The molecule has 0 spiro atoms. The van der Waals surface area contributed by atoms with Crippen molar-refractivity contribution in [2.75, 3.05) is 7.11 Å². The summed E-state index contributed by atoms with van der Waals surface area (Å²) >= 11 is 0. The molecule has 1 N–H and O–H groups in total. The predicted octanol–water partition coefficient (Wildman–Crippen LogP) is 0.761. The highest BCUT2D eigenvalue weighted by molar-refractivity contribution is 5.83. The Morgan fingerprint density at radius 2 is 2.11 bits per heavy atom. The van der Waals surface area contributed by atoms with Crippen molar-refractivity contribution >= 4 is 5.97 Å². The van der Waals surface area contributed by atoms with E-state index < -0.39 is 11.7 Å². The minimum Gasteiger partial charge on any atom is -0.494 e. The molecule has 7 nitrogen and oxygen atoms in total. The second-order valence-electron chi connectivity index (χ2n) is 3.74. The molecule has 0 radical (unpaired) electrons. The topological polar surface area (TPSA) is 86.3 Å². The zero-order valence-corrected chi connectivity index (χ0v) is 10.5. The number of nitrogens with zero attached hydrogens (tertiary/aromatic N) is 3. The Labute approximate surface area is 108 Å². The predicted molar refractivity (Wildman–Crippen MR) is 67.0 cm³/mol. The van der Waals surface area contributed by atoms with E-state index in [2.05, 4.69) is 5.10 Å². The van der Waals surface area contributed by atoms with Gasteiger partial charge in [0.15, 0.2) is 0 Å². The molecule has 0 saturated carbocycles. The number of benzene rings is 1. The van der Waals surface area contributed by atoms with E-state index in [1.54, 1.807) is 31.2 Å². The van der Waals surface area contributed by atoms with Crippen molar-refractivity contribution in [2.24, 2.45) is 0 Å². The summed E-state index contributed by atoms with van der Waals surface area (Å²) < 4.78 is 7.27. The number of rotatable bonds is 4. The molecule has 19 heavy (non-hydrogen) atoms. The van der Waals surface area contributed by atoms with Crippen LogP contribution in [-0.4, -0.2) is 32.5 Å². The van der Waals surface area contributed by atoms with E-state index in [9.17, 15) is 9.59 Å². The highest BCUT2D eigenvalue weighted by atomic mass is 16.5. The fourth-order valence-electron chi connectivity index (χ4n) is 1.80.